The van der Waals surface area contributed by atoms with Gasteiger partial charge in [-0.05, 0) is 43.2 Å². The number of aryl methyl sites for hydroxylation is 1. The zero-order chi connectivity index (χ0) is 14.4. The highest BCUT2D eigenvalue weighted by Gasteiger charge is 2.08. The first kappa shape index (κ1) is 14.9. The molecule has 2 aromatic rings. The van der Waals surface area contributed by atoms with Gasteiger partial charge in [-0.1, -0.05) is 30.3 Å². The Kier molecular flexibility index (Phi) is 5.50. The molecule has 0 aliphatic heterocycles. The second-order valence-electron chi connectivity index (χ2n) is 4.69. The van der Waals surface area contributed by atoms with Gasteiger partial charge in [-0.15, -0.1) is 11.8 Å². The van der Waals surface area contributed by atoms with E-state index in [0.717, 1.165) is 17.1 Å². The second-order valence-corrected chi connectivity index (χ2v) is 5.75. The maximum Gasteiger partial charge on any atom is 0.119 e. The molecule has 2 nitrogen and oxygen atoms in total. The number of nitrogens with two attached hydrogens (primary N) is 1. The van der Waals surface area contributed by atoms with Crippen molar-refractivity contribution in [3.8, 4) is 5.75 Å². The molecular formula is C17H21NOS. The summed E-state index contributed by atoms with van der Waals surface area (Å²) in [5, 5.41) is 0. The van der Waals surface area contributed by atoms with Crippen LogP contribution in [0.2, 0.25) is 0 Å². The van der Waals surface area contributed by atoms with Gasteiger partial charge in [0.25, 0.3) is 0 Å². The third-order valence-corrected chi connectivity index (χ3v) is 4.43. The van der Waals surface area contributed by atoms with Crippen molar-refractivity contribution in [3.05, 3.63) is 59.7 Å². The van der Waals surface area contributed by atoms with Gasteiger partial charge in [-0.3, -0.25) is 0 Å². The Morgan fingerprint density at radius 2 is 1.80 bits per heavy atom. The number of hydrogen-bond donors (Lipinski definition) is 1. The molecule has 1 atom stereocenters. The molecule has 0 aliphatic carbocycles. The first-order chi connectivity index (χ1) is 9.70. The van der Waals surface area contributed by atoms with Gasteiger partial charge in [0, 0.05) is 16.7 Å². The molecule has 3 heteroatoms. The molecule has 2 rings (SSSR count). The second kappa shape index (κ2) is 7.36. The molecule has 0 heterocycles. The minimum atomic E-state index is 0.0373. The molecule has 106 valence electrons. The van der Waals surface area contributed by atoms with Gasteiger partial charge in [0.2, 0.25) is 0 Å². The molecule has 0 saturated heterocycles. The van der Waals surface area contributed by atoms with Crippen LogP contribution in [0, 0.1) is 6.92 Å². The standard InChI is InChI=1S/C17H21NOS/c1-3-19-15-10-8-14(9-11-15)16(18)12-20-17-7-5-4-6-13(17)2/h4-11,16H,3,12,18H2,1-2H3. The fourth-order valence-corrected chi connectivity index (χ4v) is 2.99. The average Bonchev–Trinajstić information content (AvgIpc) is 2.47. The molecule has 0 saturated carbocycles. The van der Waals surface area contributed by atoms with Crippen LogP contribution in [0.5, 0.6) is 5.75 Å². The monoisotopic (exact) mass is 287 g/mol. The van der Waals surface area contributed by atoms with E-state index in [0.29, 0.717) is 6.61 Å². The number of rotatable bonds is 6. The topological polar surface area (TPSA) is 35.2 Å². The first-order valence-corrected chi connectivity index (χ1v) is 7.86. The van der Waals surface area contributed by atoms with Crippen molar-refractivity contribution in [2.24, 2.45) is 5.73 Å². The highest BCUT2D eigenvalue weighted by Crippen LogP contribution is 2.26. The SMILES string of the molecule is CCOc1ccc(C(N)CSc2ccccc2C)cc1. The summed E-state index contributed by atoms with van der Waals surface area (Å²) in [6.45, 7) is 4.80. The van der Waals surface area contributed by atoms with Gasteiger partial charge in [-0.25, -0.2) is 0 Å². The van der Waals surface area contributed by atoms with Crippen molar-refractivity contribution in [2.75, 3.05) is 12.4 Å². The van der Waals surface area contributed by atoms with Gasteiger partial charge in [0.1, 0.15) is 5.75 Å². The normalized spacial score (nSPS) is 12.2. The Balaban J connectivity index is 1.94. The van der Waals surface area contributed by atoms with Crippen molar-refractivity contribution in [1.82, 2.24) is 0 Å². The largest absolute Gasteiger partial charge is 0.494 e. The first-order valence-electron chi connectivity index (χ1n) is 6.87. The third kappa shape index (κ3) is 4.02. The average molecular weight is 287 g/mol. The Labute approximate surface area is 125 Å². The van der Waals surface area contributed by atoms with Crippen LogP contribution in [0.1, 0.15) is 24.1 Å². The van der Waals surface area contributed by atoms with E-state index in [1.54, 1.807) is 0 Å². The van der Waals surface area contributed by atoms with Gasteiger partial charge in [0.15, 0.2) is 0 Å². The fraction of sp³-hybridized carbons (Fsp3) is 0.294. The van der Waals surface area contributed by atoms with Gasteiger partial charge in [-0.2, -0.15) is 0 Å². The highest BCUT2D eigenvalue weighted by atomic mass is 32.2. The van der Waals surface area contributed by atoms with Gasteiger partial charge >= 0.3 is 0 Å². The Morgan fingerprint density at radius 1 is 1.10 bits per heavy atom. The molecule has 2 aromatic carbocycles. The van der Waals surface area contributed by atoms with Crippen molar-refractivity contribution < 1.29 is 4.74 Å². The summed E-state index contributed by atoms with van der Waals surface area (Å²) in [5.74, 6) is 1.77. The van der Waals surface area contributed by atoms with Crippen molar-refractivity contribution >= 4 is 11.8 Å². The van der Waals surface area contributed by atoms with Crippen LogP contribution in [0.4, 0.5) is 0 Å². The zero-order valence-electron chi connectivity index (χ0n) is 12.0. The molecule has 0 radical (unpaired) electrons. The van der Waals surface area contributed by atoms with E-state index in [9.17, 15) is 0 Å². The molecule has 0 fully saturated rings. The van der Waals surface area contributed by atoms with Crippen LogP contribution in [0.25, 0.3) is 0 Å². The van der Waals surface area contributed by atoms with Crippen molar-refractivity contribution in [3.63, 3.8) is 0 Å². The zero-order valence-corrected chi connectivity index (χ0v) is 12.8. The summed E-state index contributed by atoms with van der Waals surface area (Å²) in [6, 6.07) is 16.5. The van der Waals surface area contributed by atoms with Crippen LogP contribution in [0.3, 0.4) is 0 Å². The maximum absolute atomic E-state index is 6.26. The van der Waals surface area contributed by atoms with Crippen molar-refractivity contribution in [1.29, 1.82) is 0 Å². The quantitative estimate of drug-likeness (QED) is 0.809. The number of ether oxygens (including phenoxy) is 1. The number of benzene rings is 2. The molecule has 0 aliphatic rings. The number of hydrogen-bond acceptors (Lipinski definition) is 3. The van der Waals surface area contributed by atoms with Crippen LogP contribution < -0.4 is 10.5 Å². The molecule has 0 spiro atoms. The fourth-order valence-electron chi connectivity index (χ4n) is 1.97. The Hall–Kier alpha value is -1.45. The summed E-state index contributed by atoms with van der Waals surface area (Å²) in [4.78, 5) is 1.30. The summed E-state index contributed by atoms with van der Waals surface area (Å²) in [5.41, 5.74) is 8.71. The minimum absolute atomic E-state index is 0.0373. The Bertz CT molecular complexity index is 539. The van der Waals surface area contributed by atoms with Gasteiger partial charge < -0.3 is 10.5 Å². The van der Waals surface area contributed by atoms with Crippen LogP contribution >= 0.6 is 11.8 Å². The third-order valence-electron chi connectivity index (χ3n) is 3.13. The van der Waals surface area contributed by atoms with Crippen molar-refractivity contribution in [2.45, 2.75) is 24.8 Å². The molecule has 0 bridgehead atoms. The van der Waals surface area contributed by atoms with Crippen LogP contribution in [-0.2, 0) is 0 Å². The lowest BCUT2D eigenvalue weighted by molar-refractivity contribution is 0.340. The predicted molar refractivity (Wildman–Crippen MR) is 86.4 cm³/mol. The van der Waals surface area contributed by atoms with E-state index in [1.165, 1.54) is 10.5 Å². The molecule has 20 heavy (non-hydrogen) atoms. The molecule has 2 N–H and O–H groups in total. The lowest BCUT2D eigenvalue weighted by atomic mass is 10.1. The maximum atomic E-state index is 6.26. The van der Waals surface area contributed by atoms with E-state index >= 15 is 0 Å². The summed E-state index contributed by atoms with van der Waals surface area (Å²) >= 11 is 1.81. The van der Waals surface area contributed by atoms with E-state index in [-0.39, 0.29) is 6.04 Å². The molecular weight excluding hydrogens is 266 g/mol. The summed E-state index contributed by atoms with van der Waals surface area (Å²) < 4.78 is 5.44. The summed E-state index contributed by atoms with van der Waals surface area (Å²) in [7, 11) is 0. The van der Waals surface area contributed by atoms with Crippen LogP contribution in [-0.4, -0.2) is 12.4 Å². The van der Waals surface area contributed by atoms with E-state index in [4.69, 9.17) is 10.5 Å². The van der Waals surface area contributed by atoms with Gasteiger partial charge in [0.05, 0.1) is 6.61 Å². The van der Waals surface area contributed by atoms with Crippen LogP contribution in [0.15, 0.2) is 53.4 Å². The lowest BCUT2D eigenvalue weighted by Gasteiger charge is -2.13. The highest BCUT2D eigenvalue weighted by molar-refractivity contribution is 7.99. The lowest BCUT2D eigenvalue weighted by Crippen LogP contribution is -2.12. The molecule has 0 aromatic heterocycles. The van der Waals surface area contributed by atoms with E-state index in [1.807, 2.05) is 43.0 Å². The van der Waals surface area contributed by atoms with E-state index < -0.39 is 0 Å². The summed E-state index contributed by atoms with van der Waals surface area (Å²) in [6.07, 6.45) is 0. The predicted octanol–water partition coefficient (Wildman–Crippen LogP) is 4.19. The smallest absolute Gasteiger partial charge is 0.119 e. The Morgan fingerprint density at radius 3 is 2.45 bits per heavy atom. The molecule has 1 unspecified atom stereocenters. The van der Waals surface area contributed by atoms with E-state index in [2.05, 4.69) is 31.2 Å². The minimum Gasteiger partial charge on any atom is -0.494 e. The molecule has 0 amide bonds. The number of thioether (sulfide) groups is 1.